The van der Waals surface area contributed by atoms with Gasteiger partial charge in [0.25, 0.3) is 0 Å². The number of amides is 1. The molecule has 1 atom stereocenters. The molecule has 4 rings (SSSR count). The van der Waals surface area contributed by atoms with Crippen LogP contribution in [-0.4, -0.2) is 26.7 Å². The average molecular weight is 399 g/mol. The smallest absolute Gasteiger partial charge is 0.337 e. The normalized spacial score (nSPS) is 12.0. The maximum Gasteiger partial charge on any atom is 0.337 e. The summed E-state index contributed by atoms with van der Waals surface area (Å²) in [5.74, 6) is -2.05. The van der Waals surface area contributed by atoms with E-state index in [1.54, 1.807) is 42.5 Å². The van der Waals surface area contributed by atoms with Gasteiger partial charge in [-0.25, -0.2) is 4.79 Å². The molecule has 7 heteroatoms. The van der Waals surface area contributed by atoms with Gasteiger partial charge < -0.3 is 20.5 Å². The summed E-state index contributed by atoms with van der Waals surface area (Å²) in [4.78, 5) is 23.6. The first-order chi connectivity index (χ1) is 14.4. The molecule has 1 heterocycles. The molecule has 30 heavy (non-hydrogen) atoms. The van der Waals surface area contributed by atoms with Crippen molar-refractivity contribution in [3.05, 3.63) is 82.9 Å². The fraction of sp³-hybridized carbons (Fsp3) is 0.0870. The molecule has 0 saturated carbocycles. The molecular formula is C23H17N3O4. The number of rotatable bonds is 5. The maximum atomic E-state index is 12.1. The van der Waals surface area contributed by atoms with E-state index in [2.05, 4.69) is 6.07 Å². The van der Waals surface area contributed by atoms with E-state index in [-0.39, 0.29) is 11.1 Å². The second-order valence-corrected chi connectivity index (χ2v) is 6.90. The first-order valence-corrected chi connectivity index (χ1v) is 9.16. The van der Waals surface area contributed by atoms with Gasteiger partial charge in [0.15, 0.2) is 6.10 Å². The number of nitriles is 1. The van der Waals surface area contributed by atoms with Crippen LogP contribution in [0.25, 0.3) is 21.8 Å². The molecule has 1 aromatic heterocycles. The molecule has 0 bridgehead atoms. The number of aromatic nitrogens is 1. The van der Waals surface area contributed by atoms with Crippen LogP contribution in [0, 0.1) is 11.3 Å². The van der Waals surface area contributed by atoms with Crippen molar-refractivity contribution < 1.29 is 19.8 Å². The van der Waals surface area contributed by atoms with Crippen LogP contribution in [0.1, 0.15) is 33.2 Å². The van der Waals surface area contributed by atoms with Crippen LogP contribution in [0.5, 0.6) is 0 Å². The number of hydrogen-bond donors (Lipinski definition) is 3. The van der Waals surface area contributed by atoms with Gasteiger partial charge in [-0.2, -0.15) is 5.26 Å². The summed E-state index contributed by atoms with van der Waals surface area (Å²) in [6.45, 7) is 0.318. The van der Waals surface area contributed by atoms with Crippen molar-refractivity contribution in [1.29, 1.82) is 5.26 Å². The number of carboxylic acid groups (broad SMARTS) is 1. The van der Waals surface area contributed by atoms with Gasteiger partial charge in [0, 0.05) is 34.0 Å². The fourth-order valence-electron chi connectivity index (χ4n) is 3.89. The van der Waals surface area contributed by atoms with Crippen LogP contribution in [0.2, 0.25) is 0 Å². The highest BCUT2D eigenvalue weighted by Crippen LogP contribution is 2.37. The predicted molar refractivity (Wildman–Crippen MR) is 111 cm³/mol. The Morgan fingerprint density at radius 3 is 2.33 bits per heavy atom. The lowest BCUT2D eigenvalue weighted by Crippen LogP contribution is -2.12. The topological polar surface area (TPSA) is 129 Å². The number of nitrogens with zero attached hydrogens (tertiary/aromatic N) is 2. The number of fused-ring (bicyclic) bond motifs is 3. The number of nitrogens with two attached hydrogens (primary N) is 1. The summed E-state index contributed by atoms with van der Waals surface area (Å²) in [6.07, 6.45) is -1.76. The molecule has 0 aliphatic heterocycles. The molecule has 0 radical (unpaired) electrons. The summed E-state index contributed by atoms with van der Waals surface area (Å²) >= 11 is 0. The first-order valence-electron chi connectivity index (χ1n) is 9.16. The highest BCUT2D eigenvalue weighted by molar-refractivity contribution is 6.19. The lowest BCUT2D eigenvalue weighted by molar-refractivity contribution is -0.146. The van der Waals surface area contributed by atoms with Gasteiger partial charge in [-0.05, 0) is 29.8 Å². The van der Waals surface area contributed by atoms with Gasteiger partial charge in [0.05, 0.1) is 17.1 Å². The van der Waals surface area contributed by atoms with E-state index in [4.69, 9.17) is 5.73 Å². The van der Waals surface area contributed by atoms with Crippen molar-refractivity contribution in [2.75, 3.05) is 0 Å². The molecule has 0 aliphatic rings. The van der Waals surface area contributed by atoms with E-state index >= 15 is 0 Å². The number of hydrogen-bond acceptors (Lipinski definition) is 4. The van der Waals surface area contributed by atoms with E-state index < -0.39 is 18.0 Å². The van der Waals surface area contributed by atoms with Crippen LogP contribution in [0.3, 0.4) is 0 Å². The largest absolute Gasteiger partial charge is 0.479 e. The van der Waals surface area contributed by atoms with Crippen molar-refractivity contribution in [2.45, 2.75) is 12.6 Å². The Labute approximate surface area is 171 Å². The minimum Gasteiger partial charge on any atom is -0.479 e. The molecule has 0 spiro atoms. The number of aliphatic hydroxyl groups is 1. The van der Waals surface area contributed by atoms with Crippen LogP contribution < -0.4 is 5.73 Å². The molecule has 7 nitrogen and oxygen atoms in total. The van der Waals surface area contributed by atoms with Gasteiger partial charge in [-0.3, -0.25) is 4.79 Å². The number of primary amides is 1. The quantitative estimate of drug-likeness (QED) is 0.475. The predicted octanol–water partition coefficient (Wildman–Crippen LogP) is 2.93. The number of aliphatic carboxylic acids is 1. The van der Waals surface area contributed by atoms with Gasteiger partial charge in [-0.15, -0.1) is 0 Å². The van der Waals surface area contributed by atoms with Crippen molar-refractivity contribution in [3.8, 4) is 6.07 Å². The Morgan fingerprint density at radius 2 is 1.67 bits per heavy atom. The second-order valence-electron chi connectivity index (χ2n) is 6.90. The molecule has 148 valence electrons. The van der Waals surface area contributed by atoms with E-state index in [9.17, 15) is 25.1 Å². The van der Waals surface area contributed by atoms with Crippen molar-refractivity contribution >= 4 is 33.7 Å². The number of aliphatic hydroxyl groups excluding tert-OH is 1. The second kappa shape index (κ2) is 7.35. The summed E-state index contributed by atoms with van der Waals surface area (Å²) in [6, 6.07) is 19.4. The van der Waals surface area contributed by atoms with E-state index in [1.807, 2.05) is 16.7 Å². The number of carboxylic acids is 1. The average Bonchev–Trinajstić information content (AvgIpc) is 3.07. The van der Waals surface area contributed by atoms with Crippen molar-refractivity contribution in [3.63, 3.8) is 0 Å². The molecule has 3 aromatic carbocycles. The van der Waals surface area contributed by atoms with Crippen LogP contribution in [0.15, 0.2) is 60.7 Å². The third kappa shape index (κ3) is 2.96. The third-order valence-electron chi connectivity index (χ3n) is 5.21. The number of carbonyl (C=O) groups is 2. The Balaban J connectivity index is 2.12. The molecular weight excluding hydrogens is 382 g/mol. The first kappa shape index (κ1) is 19.2. The monoisotopic (exact) mass is 399 g/mol. The Hall–Kier alpha value is -4.15. The van der Waals surface area contributed by atoms with Gasteiger partial charge in [0.2, 0.25) is 5.91 Å². The highest BCUT2D eigenvalue weighted by Gasteiger charge is 2.24. The van der Waals surface area contributed by atoms with E-state index in [1.165, 1.54) is 6.07 Å². The summed E-state index contributed by atoms with van der Waals surface area (Å²) in [5.41, 5.74) is 8.56. The third-order valence-corrected chi connectivity index (χ3v) is 5.21. The van der Waals surface area contributed by atoms with Gasteiger partial charge >= 0.3 is 5.97 Å². The summed E-state index contributed by atoms with van der Waals surface area (Å²) < 4.78 is 1.89. The molecule has 0 saturated heterocycles. The molecule has 0 aliphatic carbocycles. The SMILES string of the molecule is N#Cc1ccccc1Cn1c2cccc(C(N)=O)c2c2c(C(O)C(=O)O)cccc21. The van der Waals surface area contributed by atoms with Gasteiger partial charge in [0.1, 0.15) is 0 Å². The zero-order valence-electron chi connectivity index (χ0n) is 15.7. The van der Waals surface area contributed by atoms with Crippen LogP contribution >= 0.6 is 0 Å². The van der Waals surface area contributed by atoms with E-state index in [0.29, 0.717) is 33.9 Å². The highest BCUT2D eigenvalue weighted by atomic mass is 16.4. The Bertz CT molecular complexity index is 1360. The summed E-state index contributed by atoms with van der Waals surface area (Å²) in [5, 5.41) is 30.0. The zero-order valence-corrected chi connectivity index (χ0v) is 15.7. The van der Waals surface area contributed by atoms with Crippen molar-refractivity contribution in [2.24, 2.45) is 5.73 Å². The molecule has 1 amide bonds. The van der Waals surface area contributed by atoms with Crippen molar-refractivity contribution in [1.82, 2.24) is 4.57 Å². The Morgan fingerprint density at radius 1 is 1.00 bits per heavy atom. The molecule has 4 aromatic rings. The van der Waals surface area contributed by atoms with E-state index in [0.717, 1.165) is 5.56 Å². The minimum absolute atomic E-state index is 0.172. The number of benzene rings is 3. The standard InChI is InChI=1S/C23H17N3O4/c24-11-13-5-1-2-6-14(13)12-26-17-9-3-7-15(21(27)23(29)30)19(17)20-16(22(25)28)8-4-10-18(20)26/h1-10,21,27H,12H2,(H2,25,28)(H,29,30). The lowest BCUT2D eigenvalue weighted by Gasteiger charge is -2.11. The molecule has 4 N–H and O–H groups in total. The molecule has 1 unspecified atom stereocenters. The molecule has 0 fully saturated rings. The minimum atomic E-state index is -1.76. The number of carbonyl (C=O) groups excluding carboxylic acids is 1. The fourth-order valence-corrected chi connectivity index (χ4v) is 3.89. The van der Waals surface area contributed by atoms with Crippen LogP contribution in [-0.2, 0) is 11.3 Å². The summed E-state index contributed by atoms with van der Waals surface area (Å²) in [7, 11) is 0. The lowest BCUT2D eigenvalue weighted by atomic mass is 9.99. The van der Waals surface area contributed by atoms with Crippen LogP contribution in [0.4, 0.5) is 0 Å². The zero-order chi connectivity index (χ0) is 21.4. The Kier molecular flexibility index (Phi) is 4.70. The van der Waals surface area contributed by atoms with Gasteiger partial charge in [-0.1, -0.05) is 36.4 Å². The maximum absolute atomic E-state index is 12.1.